The van der Waals surface area contributed by atoms with Crippen molar-refractivity contribution in [3.05, 3.63) is 11.7 Å². The Labute approximate surface area is 113 Å². The molecule has 1 aromatic heterocycles. The van der Waals surface area contributed by atoms with Gasteiger partial charge in [0.05, 0.1) is 7.11 Å². The standard InChI is InChI=1S/C14H22N2O3/c1-3-4-10-5-7-11(8-6-10)14-15-12(19-16-14)9-13(17)18-2/h10-11H,3-9H2,1-2H3. The van der Waals surface area contributed by atoms with Crippen LogP contribution in [-0.4, -0.2) is 23.2 Å². The lowest BCUT2D eigenvalue weighted by molar-refractivity contribution is -0.140. The summed E-state index contributed by atoms with van der Waals surface area (Å²) in [6.45, 7) is 2.24. The van der Waals surface area contributed by atoms with Gasteiger partial charge in [0.25, 0.3) is 0 Å². The summed E-state index contributed by atoms with van der Waals surface area (Å²) in [5.41, 5.74) is 0. The fraction of sp³-hybridized carbons (Fsp3) is 0.786. The number of carbonyl (C=O) groups excluding carboxylic acids is 1. The van der Waals surface area contributed by atoms with Gasteiger partial charge in [-0.1, -0.05) is 24.9 Å². The van der Waals surface area contributed by atoms with Crippen molar-refractivity contribution in [3.8, 4) is 0 Å². The van der Waals surface area contributed by atoms with E-state index in [9.17, 15) is 4.79 Å². The summed E-state index contributed by atoms with van der Waals surface area (Å²) in [4.78, 5) is 15.4. The average molecular weight is 266 g/mol. The molecule has 0 amide bonds. The van der Waals surface area contributed by atoms with E-state index < -0.39 is 0 Å². The Morgan fingerprint density at radius 3 is 2.74 bits per heavy atom. The van der Waals surface area contributed by atoms with Gasteiger partial charge in [-0.2, -0.15) is 4.98 Å². The van der Waals surface area contributed by atoms with Gasteiger partial charge in [0, 0.05) is 5.92 Å². The zero-order valence-corrected chi connectivity index (χ0v) is 11.7. The number of methoxy groups -OCH3 is 1. The number of rotatable bonds is 5. The predicted molar refractivity (Wildman–Crippen MR) is 69.6 cm³/mol. The largest absolute Gasteiger partial charge is 0.469 e. The third-order valence-electron chi connectivity index (χ3n) is 3.92. The molecule has 2 rings (SSSR count). The Morgan fingerprint density at radius 2 is 2.11 bits per heavy atom. The number of hydrogen-bond acceptors (Lipinski definition) is 5. The molecule has 1 fully saturated rings. The Balaban J connectivity index is 1.88. The van der Waals surface area contributed by atoms with Gasteiger partial charge in [0.1, 0.15) is 6.42 Å². The Hall–Kier alpha value is -1.39. The van der Waals surface area contributed by atoms with Crippen molar-refractivity contribution in [2.75, 3.05) is 7.11 Å². The van der Waals surface area contributed by atoms with Gasteiger partial charge in [0.15, 0.2) is 5.82 Å². The summed E-state index contributed by atoms with van der Waals surface area (Å²) in [6, 6.07) is 0. The molecule has 5 heteroatoms. The molecule has 106 valence electrons. The van der Waals surface area contributed by atoms with Gasteiger partial charge in [0.2, 0.25) is 5.89 Å². The van der Waals surface area contributed by atoms with Gasteiger partial charge in [-0.25, -0.2) is 0 Å². The summed E-state index contributed by atoms with van der Waals surface area (Å²) in [6.07, 6.45) is 7.41. The maximum atomic E-state index is 11.1. The summed E-state index contributed by atoms with van der Waals surface area (Å²) >= 11 is 0. The van der Waals surface area contributed by atoms with Crippen LogP contribution in [0.4, 0.5) is 0 Å². The Kier molecular flexibility index (Phi) is 4.93. The molecule has 1 heterocycles. The fourth-order valence-corrected chi connectivity index (χ4v) is 2.82. The molecular weight excluding hydrogens is 244 g/mol. The highest BCUT2D eigenvalue weighted by atomic mass is 16.5. The molecule has 0 aromatic carbocycles. The number of nitrogens with zero attached hydrogens (tertiary/aromatic N) is 2. The molecule has 1 saturated carbocycles. The van der Waals surface area contributed by atoms with Crippen molar-refractivity contribution < 1.29 is 14.1 Å². The predicted octanol–water partition coefficient (Wildman–Crippen LogP) is 2.86. The first-order chi connectivity index (χ1) is 9.22. The van der Waals surface area contributed by atoms with Crippen LogP contribution in [0.1, 0.15) is 63.1 Å². The molecule has 1 aliphatic rings. The van der Waals surface area contributed by atoms with Gasteiger partial charge in [-0.05, 0) is 31.6 Å². The van der Waals surface area contributed by atoms with E-state index >= 15 is 0 Å². The van der Waals surface area contributed by atoms with Crippen LogP contribution in [-0.2, 0) is 16.0 Å². The van der Waals surface area contributed by atoms with Crippen LogP contribution in [0.25, 0.3) is 0 Å². The van der Waals surface area contributed by atoms with Crippen LogP contribution >= 0.6 is 0 Å². The third kappa shape index (κ3) is 3.78. The van der Waals surface area contributed by atoms with Gasteiger partial charge in [-0.15, -0.1) is 0 Å². The molecular formula is C14H22N2O3. The Morgan fingerprint density at radius 1 is 1.37 bits per heavy atom. The number of carbonyl (C=O) groups is 1. The third-order valence-corrected chi connectivity index (χ3v) is 3.92. The van der Waals surface area contributed by atoms with Crippen molar-refractivity contribution in [2.24, 2.45) is 5.92 Å². The highest BCUT2D eigenvalue weighted by Crippen LogP contribution is 2.36. The molecule has 1 aliphatic carbocycles. The first-order valence-electron chi connectivity index (χ1n) is 7.12. The molecule has 0 spiro atoms. The SMILES string of the molecule is CCCC1CCC(c2noc(CC(=O)OC)n2)CC1. The minimum Gasteiger partial charge on any atom is -0.469 e. The summed E-state index contributed by atoms with van der Waals surface area (Å²) in [7, 11) is 1.36. The lowest BCUT2D eigenvalue weighted by Gasteiger charge is -2.26. The Bertz CT molecular complexity index is 409. The number of aromatic nitrogens is 2. The van der Waals surface area contributed by atoms with E-state index in [4.69, 9.17) is 4.52 Å². The topological polar surface area (TPSA) is 65.2 Å². The van der Waals surface area contributed by atoms with E-state index in [0.29, 0.717) is 11.8 Å². The molecule has 5 nitrogen and oxygen atoms in total. The summed E-state index contributed by atoms with van der Waals surface area (Å²) in [5.74, 6) is 2.03. The van der Waals surface area contributed by atoms with Crippen LogP contribution < -0.4 is 0 Å². The van der Waals surface area contributed by atoms with E-state index in [1.807, 2.05) is 0 Å². The average Bonchev–Trinajstić information content (AvgIpc) is 2.88. The second-order valence-corrected chi connectivity index (χ2v) is 5.31. The second kappa shape index (κ2) is 6.68. The molecule has 0 N–H and O–H groups in total. The number of ether oxygens (including phenoxy) is 1. The van der Waals surface area contributed by atoms with Crippen molar-refractivity contribution in [3.63, 3.8) is 0 Å². The molecule has 0 bridgehead atoms. The maximum absolute atomic E-state index is 11.1. The normalized spacial score (nSPS) is 23.3. The van der Waals surface area contributed by atoms with Crippen LogP contribution in [0.5, 0.6) is 0 Å². The van der Waals surface area contributed by atoms with E-state index in [1.54, 1.807) is 0 Å². The maximum Gasteiger partial charge on any atom is 0.315 e. The van der Waals surface area contributed by atoms with Gasteiger partial charge >= 0.3 is 5.97 Å². The molecule has 0 saturated heterocycles. The van der Waals surface area contributed by atoms with E-state index in [-0.39, 0.29) is 12.4 Å². The van der Waals surface area contributed by atoms with E-state index in [1.165, 1.54) is 32.8 Å². The quantitative estimate of drug-likeness (QED) is 0.767. The van der Waals surface area contributed by atoms with E-state index in [0.717, 1.165) is 24.6 Å². The molecule has 0 aliphatic heterocycles. The van der Waals surface area contributed by atoms with Crippen molar-refractivity contribution in [1.29, 1.82) is 0 Å². The van der Waals surface area contributed by atoms with E-state index in [2.05, 4.69) is 21.8 Å². The highest BCUT2D eigenvalue weighted by molar-refractivity contribution is 5.71. The zero-order valence-electron chi connectivity index (χ0n) is 11.7. The monoisotopic (exact) mass is 266 g/mol. The van der Waals surface area contributed by atoms with Crippen molar-refractivity contribution in [1.82, 2.24) is 10.1 Å². The zero-order chi connectivity index (χ0) is 13.7. The smallest absolute Gasteiger partial charge is 0.315 e. The number of esters is 1. The molecule has 0 atom stereocenters. The summed E-state index contributed by atoms with van der Waals surface area (Å²) in [5, 5.41) is 4.00. The molecule has 0 radical (unpaired) electrons. The second-order valence-electron chi connectivity index (χ2n) is 5.31. The van der Waals surface area contributed by atoms with Crippen LogP contribution in [0.3, 0.4) is 0 Å². The summed E-state index contributed by atoms with van der Waals surface area (Å²) < 4.78 is 9.69. The minimum atomic E-state index is -0.346. The van der Waals surface area contributed by atoms with Gasteiger partial charge in [-0.3, -0.25) is 4.79 Å². The van der Waals surface area contributed by atoms with Crippen LogP contribution in [0.2, 0.25) is 0 Å². The lowest BCUT2D eigenvalue weighted by atomic mass is 9.80. The van der Waals surface area contributed by atoms with Crippen molar-refractivity contribution >= 4 is 5.97 Å². The highest BCUT2D eigenvalue weighted by Gasteiger charge is 2.25. The lowest BCUT2D eigenvalue weighted by Crippen LogP contribution is -2.14. The van der Waals surface area contributed by atoms with Crippen LogP contribution in [0.15, 0.2) is 4.52 Å². The number of hydrogen-bond donors (Lipinski definition) is 0. The van der Waals surface area contributed by atoms with Gasteiger partial charge < -0.3 is 9.26 Å². The molecule has 0 unspecified atom stereocenters. The molecule has 19 heavy (non-hydrogen) atoms. The van der Waals surface area contributed by atoms with Crippen LogP contribution in [0, 0.1) is 5.92 Å². The first-order valence-corrected chi connectivity index (χ1v) is 7.12. The minimum absolute atomic E-state index is 0.0642. The first kappa shape index (κ1) is 14.0. The van der Waals surface area contributed by atoms with Crippen molar-refractivity contribution in [2.45, 2.75) is 57.8 Å². The fourth-order valence-electron chi connectivity index (χ4n) is 2.82. The molecule has 1 aromatic rings.